The van der Waals surface area contributed by atoms with E-state index in [0.717, 1.165) is 24.4 Å². The Morgan fingerprint density at radius 2 is 2.21 bits per heavy atom. The highest BCUT2D eigenvalue weighted by atomic mass is 32.1. The summed E-state index contributed by atoms with van der Waals surface area (Å²) in [6.45, 7) is 3.04. The molecule has 2 heterocycles. The van der Waals surface area contributed by atoms with Crippen molar-refractivity contribution in [1.82, 2.24) is 9.55 Å². The number of hydrogen-bond acceptors (Lipinski definition) is 3. The molecule has 3 nitrogen and oxygen atoms in total. The maximum atomic E-state index is 5.39. The van der Waals surface area contributed by atoms with Gasteiger partial charge in [-0.15, -0.1) is 11.3 Å². The number of ether oxygens (including phenoxy) is 1. The van der Waals surface area contributed by atoms with E-state index in [1.54, 1.807) is 18.4 Å². The lowest BCUT2D eigenvalue weighted by Crippen LogP contribution is -1.99. The molecule has 0 unspecified atom stereocenters. The zero-order valence-electron chi connectivity index (χ0n) is 11.1. The third-order valence-electron chi connectivity index (χ3n) is 3.42. The van der Waals surface area contributed by atoms with Crippen molar-refractivity contribution in [2.75, 3.05) is 7.11 Å². The SMILES string of the molecule is COc1cccc2c1ccn2CCc1scnc1C. The van der Waals surface area contributed by atoms with Crippen molar-refractivity contribution in [2.45, 2.75) is 19.9 Å². The third kappa shape index (κ3) is 2.24. The number of thiazole rings is 1. The van der Waals surface area contributed by atoms with Crippen molar-refractivity contribution in [3.8, 4) is 5.75 Å². The minimum absolute atomic E-state index is 0.935. The Bertz CT molecular complexity index is 699. The van der Waals surface area contributed by atoms with Crippen molar-refractivity contribution in [2.24, 2.45) is 0 Å². The van der Waals surface area contributed by atoms with Crippen LogP contribution < -0.4 is 4.74 Å². The van der Waals surface area contributed by atoms with E-state index in [4.69, 9.17) is 4.74 Å². The summed E-state index contributed by atoms with van der Waals surface area (Å²) in [7, 11) is 1.72. The van der Waals surface area contributed by atoms with Gasteiger partial charge >= 0.3 is 0 Å². The monoisotopic (exact) mass is 272 g/mol. The zero-order valence-corrected chi connectivity index (χ0v) is 11.9. The number of nitrogens with zero attached hydrogens (tertiary/aromatic N) is 2. The second-order valence-corrected chi connectivity index (χ2v) is 5.45. The number of methoxy groups -OCH3 is 1. The quantitative estimate of drug-likeness (QED) is 0.724. The van der Waals surface area contributed by atoms with E-state index in [0.29, 0.717) is 0 Å². The normalized spacial score (nSPS) is 11.1. The van der Waals surface area contributed by atoms with E-state index in [-0.39, 0.29) is 0 Å². The summed E-state index contributed by atoms with van der Waals surface area (Å²) in [5.41, 5.74) is 4.29. The number of benzene rings is 1. The van der Waals surface area contributed by atoms with Gasteiger partial charge < -0.3 is 9.30 Å². The van der Waals surface area contributed by atoms with Crippen LogP contribution in [-0.4, -0.2) is 16.7 Å². The number of rotatable bonds is 4. The second-order valence-electron chi connectivity index (χ2n) is 4.51. The maximum absolute atomic E-state index is 5.39. The minimum atomic E-state index is 0.935. The molecule has 4 heteroatoms. The smallest absolute Gasteiger partial charge is 0.128 e. The summed E-state index contributed by atoms with van der Waals surface area (Å²) in [5.74, 6) is 0.935. The molecule has 3 aromatic rings. The molecule has 3 rings (SSSR count). The topological polar surface area (TPSA) is 27.1 Å². The van der Waals surface area contributed by atoms with Crippen LogP contribution in [-0.2, 0) is 13.0 Å². The highest BCUT2D eigenvalue weighted by Crippen LogP contribution is 2.26. The summed E-state index contributed by atoms with van der Waals surface area (Å²) >= 11 is 1.74. The minimum Gasteiger partial charge on any atom is -0.496 e. The first-order chi connectivity index (χ1) is 9.29. The molecule has 98 valence electrons. The Kier molecular flexibility index (Phi) is 3.25. The van der Waals surface area contributed by atoms with E-state index < -0.39 is 0 Å². The van der Waals surface area contributed by atoms with Gasteiger partial charge in [0, 0.05) is 29.4 Å². The second kappa shape index (κ2) is 5.05. The first-order valence-corrected chi connectivity index (χ1v) is 7.18. The Morgan fingerprint density at radius 3 is 2.95 bits per heavy atom. The van der Waals surface area contributed by atoms with Gasteiger partial charge in [0.25, 0.3) is 0 Å². The molecule has 0 saturated carbocycles. The lowest BCUT2D eigenvalue weighted by Gasteiger charge is -2.06. The standard InChI is InChI=1S/C15H16N2OS/c1-11-15(19-10-16-11)7-9-17-8-6-12-13(17)4-3-5-14(12)18-2/h3-6,8,10H,7,9H2,1-2H3. The highest BCUT2D eigenvalue weighted by Gasteiger charge is 2.07. The molecule has 0 N–H and O–H groups in total. The van der Waals surface area contributed by atoms with Crippen molar-refractivity contribution >= 4 is 22.2 Å². The van der Waals surface area contributed by atoms with Gasteiger partial charge in [0.15, 0.2) is 0 Å². The number of aromatic nitrogens is 2. The fourth-order valence-corrected chi connectivity index (χ4v) is 3.13. The number of hydrogen-bond donors (Lipinski definition) is 0. The average molecular weight is 272 g/mol. The third-order valence-corrected chi connectivity index (χ3v) is 4.41. The largest absolute Gasteiger partial charge is 0.496 e. The van der Waals surface area contributed by atoms with Gasteiger partial charge in [0.1, 0.15) is 5.75 Å². The summed E-state index contributed by atoms with van der Waals surface area (Å²) in [5, 5.41) is 1.17. The molecule has 0 amide bonds. The Labute approximate surface area is 116 Å². The van der Waals surface area contributed by atoms with E-state index >= 15 is 0 Å². The zero-order chi connectivity index (χ0) is 13.2. The van der Waals surface area contributed by atoms with Crippen molar-refractivity contribution in [3.63, 3.8) is 0 Å². The Hall–Kier alpha value is -1.81. The maximum Gasteiger partial charge on any atom is 0.128 e. The lowest BCUT2D eigenvalue weighted by atomic mass is 10.2. The van der Waals surface area contributed by atoms with Crippen molar-refractivity contribution in [1.29, 1.82) is 0 Å². The van der Waals surface area contributed by atoms with Gasteiger partial charge in [-0.3, -0.25) is 0 Å². The summed E-state index contributed by atoms with van der Waals surface area (Å²) in [6.07, 6.45) is 3.15. The van der Waals surface area contributed by atoms with E-state index in [9.17, 15) is 0 Å². The fraction of sp³-hybridized carbons (Fsp3) is 0.267. The van der Waals surface area contributed by atoms with E-state index in [2.05, 4.69) is 34.8 Å². The molecular weight excluding hydrogens is 256 g/mol. The average Bonchev–Trinajstić information content (AvgIpc) is 3.02. The van der Waals surface area contributed by atoms with Crippen LogP contribution in [0.1, 0.15) is 10.6 Å². The predicted octanol–water partition coefficient (Wildman–Crippen LogP) is 3.66. The van der Waals surface area contributed by atoms with Gasteiger partial charge in [-0.05, 0) is 25.1 Å². The molecule has 0 aliphatic carbocycles. The van der Waals surface area contributed by atoms with Crippen LogP contribution in [0, 0.1) is 6.92 Å². The van der Waals surface area contributed by atoms with Crippen molar-refractivity contribution in [3.05, 3.63) is 46.5 Å². The van der Waals surface area contributed by atoms with Crippen LogP contribution in [0.5, 0.6) is 5.75 Å². The molecule has 0 radical (unpaired) electrons. The summed E-state index contributed by atoms with van der Waals surface area (Å²) in [4.78, 5) is 5.66. The Balaban J connectivity index is 1.88. The van der Waals surface area contributed by atoms with Gasteiger partial charge in [0.2, 0.25) is 0 Å². The van der Waals surface area contributed by atoms with Crippen LogP contribution in [0.3, 0.4) is 0 Å². The number of fused-ring (bicyclic) bond motifs is 1. The van der Waals surface area contributed by atoms with E-state index in [1.807, 2.05) is 17.6 Å². The molecule has 2 aromatic heterocycles. The Morgan fingerprint density at radius 1 is 1.32 bits per heavy atom. The molecule has 0 fully saturated rings. The summed E-state index contributed by atoms with van der Waals surface area (Å²) < 4.78 is 7.66. The molecular formula is C15H16N2OS. The highest BCUT2D eigenvalue weighted by molar-refractivity contribution is 7.09. The van der Waals surface area contributed by atoms with Gasteiger partial charge in [0.05, 0.1) is 23.8 Å². The van der Waals surface area contributed by atoms with Gasteiger partial charge in [-0.25, -0.2) is 4.98 Å². The molecule has 19 heavy (non-hydrogen) atoms. The first-order valence-electron chi connectivity index (χ1n) is 6.30. The van der Waals surface area contributed by atoms with Gasteiger partial charge in [-0.1, -0.05) is 6.07 Å². The molecule has 0 saturated heterocycles. The molecule has 0 bridgehead atoms. The number of aryl methyl sites for hydroxylation is 3. The van der Waals surface area contributed by atoms with Gasteiger partial charge in [-0.2, -0.15) is 0 Å². The molecule has 0 aliphatic rings. The van der Waals surface area contributed by atoms with Crippen LogP contribution in [0.2, 0.25) is 0 Å². The van der Waals surface area contributed by atoms with Crippen molar-refractivity contribution < 1.29 is 4.74 Å². The fourth-order valence-electron chi connectivity index (χ4n) is 2.36. The lowest BCUT2D eigenvalue weighted by molar-refractivity contribution is 0.420. The summed E-state index contributed by atoms with van der Waals surface area (Å²) in [6, 6.07) is 8.29. The predicted molar refractivity (Wildman–Crippen MR) is 79.0 cm³/mol. The molecule has 1 aromatic carbocycles. The van der Waals surface area contributed by atoms with Crippen LogP contribution in [0.15, 0.2) is 36.0 Å². The van der Waals surface area contributed by atoms with Crippen LogP contribution in [0.25, 0.3) is 10.9 Å². The van der Waals surface area contributed by atoms with Crippen LogP contribution >= 0.6 is 11.3 Å². The van der Waals surface area contributed by atoms with E-state index in [1.165, 1.54) is 15.8 Å². The first kappa shape index (κ1) is 12.2. The molecule has 0 atom stereocenters. The van der Waals surface area contributed by atoms with Crippen LogP contribution in [0.4, 0.5) is 0 Å². The molecule has 0 spiro atoms. The molecule has 0 aliphatic heterocycles.